The van der Waals surface area contributed by atoms with E-state index in [1.807, 2.05) is 0 Å². The van der Waals surface area contributed by atoms with Gasteiger partial charge in [-0.1, -0.05) is 6.42 Å². The van der Waals surface area contributed by atoms with Gasteiger partial charge in [-0.05, 0) is 44.9 Å². The van der Waals surface area contributed by atoms with Crippen molar-refractivity contribution in [2.75, 3.05) is 13.1 Å². The van der Waals surface area contributed by atoms with Gasteiger partial charge < -0.3 is 5.32 Å². The predicted octanol–water partition coefficient (Wildman–Crippen LogP) is 2.50. The zero-order valence-electron chi connectivity index (χ0n) is 11.5. The van der Waals surface area contributed by atoms with Gasteiger partial charge in [0.2, 0.25) is 0 Å². The molecule has 1 aromatic heterocycles. The van der Waals surface area contributed by atoms with Crippen LogP contribution in [0.15, 0.2) is 18.3 Å². The third kappa shape index (κ3) is 2.79. The van der Waals surface area contributed by atoms with Gasteiger partial charge in [0.05, 0.1) is 11.9 Å². The van der Waals surface area contributed by atoms with Crippen molar-refractivity contribution in [1.82, 2.24) is 15.2 Å². The van der Waals surface area contributed by atoms with Crippen molar-refractivity contribution in [2.45, 2.75) is 50.7 Å². The van der Waals surface area contributed by atoms with E-state index >= 15 is 0 Å². The number of hydrogen-bond acceptors (Lipinski definition) is 3. The van der Waals surface area contributed by atoms with Gasteiger partial charge in [-0.3, -0.25) is 9.88 Å². The first-order chi connectivity index (χ1) is 9.24. The standard InChI is InChI=1S/C15H22FN3/c1-11(13-6-5-12(16)10-17-13)18-14-7-9-19-8-3-2-4-15(14)19/h5-6,10-11,14-15,18H,2-4,7-9H2,1H3. The van der Waals surface area contributed by atoms with Crippen LogP contribution in [0.5, 0.6) is 0 Å². The summed E-state index contributed by atoms with van der Waals surface area (Å²) in [6, 6.07) is 4.70. The zero-order chi connectivity index (χ0) is 13.2. The van der Waals surface area contributed by atoms with Crippen LogP contribution in [0.3, 0.4) is 0 Å². The summed E-state index contributed by atoms with van der Waals surface area (Å²) in [5, 5.41) is 3.69. The fourth-order valence-corrected chi connectivity index (χ4v) is 3.49. The Morgan fingerprint density at radius 2 is 2.21 bits per heavy atom. The van der Waals surface area contributed by atoms with Crippen LogP contribution in [0.4, 0.5) is 4.39 Å². The largest absolute Gasteiger partial charge is 0.304 e. The van der Waals surface area contributed by atoms with Crippen molar-refractivity contribution >= 4 is 0 Å². The SMILES string of the molecule is CC(NC1CCN2CCCCC12)c1ccc(F)cn1. The van der Waals surface area contributed by atoms with Crippen LogP contribution in [0.1, 0.15) is 44.3 Å². The Hall–Kier alpha value is -1.00. The molecule has 0 aliphatic carbocycles. The van der Waals surface area contributed by atoms with Crippen molar-refractivity contribution in [3.8, 4) is 0 Å². The Morgan fingerprint density at radius 1 is 1.32 bits per heavy atom. The highest BCUT2D eigenvalue weighted by Crippen LogP contribution is 2.28. The summed E-state index contributed by atoms with van der Waals surface area (Å²) in [7, 11) is 0. The summed E-state index contributed by atoms with van der Waals surface area (Å²) < 4.78 is 12.9. The summed E-state index contributed by atoms with van der Waals surface area (Å²) in [5.74, 6) is -0.268. The van der Waals surface area contributed by atoms with Gasteiger partial charge in [0.25, 0.3) is 0 Å². The summed E-state index contributed by atoms with van der Waals surface area (Å²) in [6.45, 7) is 4.59. The van der Waals surface area contributed by atoms with Crippen LogP contribution in [0.25, 0.3) is 0 Å². The van der Waals surface area contributed by atoms with Gasteiger partial charge >= 0.3 is 0 Å². The molecule has 3 nitrogen and oxygen atoms in total. The summed E-state index contributed by atoms with van der Waals surface area (Å²) in [6.07, 6.45) is 6.52. The van der Waals surface area contributed by atoms with Gasteiger partial charge in [0.1, 0.15) is 5.82 Å². The molecule has 2 saturated heterocycles. The van der Waals surface area contributed by atoms with E-state index in [1.165, 1.54) is 51.0 Å². The maximum atomic E-state index is 12.9. The van der Waals surface area contributed by atoms with E-state index in [9.17, 15) is 4.39 Å². The highest BCUT2D eigenvalue weighted by atomic mass is 19.1. The summed E-state index contributed by atoms with van der Waals surface area (Å²) in [5.41, 5.74) is 0.927. The smallest absolute Gasteiger partial charge is 0.141 e. The lowest BCUT2D eigenvalue weighted by molar-refractivity contribution is 0.177. The molecule has 19 heavy (non-hydrogen) atoms. The van der Waals surface area contributed by atoms with E-state index in [4.69, 9.17) is 0 Å². The van der Waals surface area contributed by atoms with Crippen molar-refractivity contribution in [2.24, 2.45) is 0 Å². The van der Waals surface area contributed by atoms with Crippen LogP contribution >= 0.6 is 0 Å². The second-order valence-electron chi connectivity index (χ2n) is 5.78. The molecule has 3 heterocycles. The van der Waals surface area contributed by atoms with E-state index in [0.717, 1.165) is 5.69 Å². The van der Waals surface area contributed by atoms with Gasteiger partial charge in [-0.25, -0.2) is 4.39 Å². The number of hydrogen-bond donors (Lipinski definition) is 1. The lowest BCUT2D eigenvalue weighted by atomic mass is 9.98. The molecule has 104 valence electrons. The first-order valence-corrected chi connectivity index (χ1v) is 7.35. The highest BCUT2D eigenvalue weighted by Gasteiger charge is 2.35. The van der Waals surface area contributed by atoms with Gasteiger partial charge in [-0.15, -0.1) is 0 Å². The average molecular weight is 263 g/mol. The Balaban J connectivity index is 1.63. The number of aromatic nitrogens is 1. The fourth-order valence-electron chi connectivity index (χ4n) is 3.49. The highest BCUT2D eigenvalue weighted by molar-refractivity contribution is 5.10. The Bertz CT molecular complexity index is 420. The quantitative estimate of drug-likeness (QED) is 0.908. The minimum absolute atomic E-state index is 0.187. The molecular weight excluding hydrogens is 241 g/mol. The number of nitrogens with zero attached hydrogens (tertiary/aromatic N) is 2. The molecule has 0 aromatic carbocycles. The molecule has 0 saturated carbocycles. The molecule has 3 unspecified atom stereocenters. The van der Waals surface area contributed by atoms with E-state index in [0.29, 0.717) is 12.1 Å². The molecule has 4 heteroatoms. The number of piperidine rings is 1. The Labute approximate surface area is 114 Å². The lowest BCUT2D eigenvalue weighted by Crippen LogP contribution is -2.45. The molecule has 1 N–H and O–H groups in total. The van der Waals surface area contributed by atoms with Gasteiger partial charge in [0, 0.05) is 24.7 Å². The minimum Gasteiger partial charge on any atom is -0.304 e. The molecule has 0 amide bonds. The number of fused-ring (bicyclic) bond motifs is 1. The average Bonchev–Trinajstić information content (AvgIpc) is 2.83. The number of rotatable bonds is 3. The maximum Gasteiger partial charge on any atom is 0.141 e. The van der Waals surface area contributed by atoms with E-state index in [1.54, 1.807) is 6.07 Å². The zero-order valence-corrected chi connectivity index (χ0v) is 11.5. The van der Waals surface area contributed by atoms with Crippen molar-refractivity contribution in [3.05, 3.63) is 29.8 Å². The predicted molar refractivity (Wildman–Crippen MR) is 73.4 cm³/mol. The van der Waals surface area contributed by atoms with E-state index in [2.05, 4.69) is 22.1 Å². The van der Waals surface area contributed by atoms with Crippen molar-refractivity contribution < 1.29 is 4.39 Å². The maximum absolute atomic E-state index is 12.9. The van der Waals surface area contributed by atoms with Crippen LogP contribution in [0, 0.1) is 5.82 Å². The van der Waals surface area contributed by atoms with Crippen molar-refractivity contribution in [3.63, 3.8) is 0 Å². The molecule has 2 aliphatic rings. The Morgan fingerprint density at radius 3 is 3.00 bits per heavy atom. The molecule has 0 spiro atoms. The molecule has 0 radical (unpaired) electrons. The summed E-state index contributed by atoms with van der Waals surface area (Å²) in [4.78, 5) is 6.79. The Kier molecular flexibility index (Phi) is 3.80. The monoisotopic (exact) mass is 263 g/mol. The number of nitrogens with one attached hydrogen (secondary N) is 1. The first-order valence-electron chi connectivity index (χ1n) is 7.35. The second-order valence-corrected chi connectivity index (χ2v) is 5.78. The molecule has 2 aliphatic heterocycles. The summed E-state index contributed by atoms with van der Waals surface area (Å²) >= 11 is 0. The first kappa shape index (κ1) is 13.0. The third-order valence-electron chi connectivity index (χ3n) is 4.51. The molecule has 3 rings (SSSR count). The normalized spacial score (nSPS) is 29.2. The molecular formula is C15H22FN3. The molecule has 0 bridgehead atoms. The molecule has 1 aromatic rings. The topological polar surface area (TPSA) is 28.2 Å². The molecule has 2 fully saturated rings. The van der Waals surface area contributed by atoms with Crippen LogP contribution in [-0.2, 0) is 0 Å². The van der Waals surface area contributed by atoms with Gasteiger partial charge in [-0.2, -0.15) is 0 Å². The number of pyridine rings is 1. The minimum atomic E-state index is -0.268. The second kappa shape index (κ2) is 5.55. The van der Waals surface area contributed by atoms with E-state index in [-0.39, 0.29) is 11.9 Å². The van der Waals surface area contributed by atoms with Crippen LogP contribution < -0.4 is 5.32 Å². The molecule has 3 atom stereocenters. The third-order valence-corrected chi connectivity index (χ3v) is 4.51. The van der Waals surface area contributed by atoms with E-state index < -0.39 is 0 Å². The fraction of sp³-hybridized carbons (Fsp3) is 0.667. The number of halogens is 1. The van der Waals surface area contributed by atoms with Crippen LogP contribution in [0.2, 0.25) is 0 Å². The van der Waals surface area contributed by atoms with Gasteiger partial charge in [0.15, 0.2) is 0 Å². The lowest BCUT2D eigenvalue weighted by Gasteiger charge is -2.33. The van der Waals surface area contributed by atoms with Crippen molar-refractivity contribution in [1.29, 1.82) is 0 Å². The van der Waals surface area contributed by atoms with Crippen LogP contribution in [-0.4, -0.2) is 35.1 Å².